The highest BCUT2D eigenvalue weighted by Gasteiger charge is 2.41. The van der Waals surface area contributed by atoms with Crippen molar-refractivity contribution < 1.29 is 24.2 Å². The maximum Gasteiger partial charge on any atom is 0.407 e. The van der Waals surface area contributed by atoms with Gasteiger partial charge in [0, 0.05) is 12.1 Å². The van der Waals surface area contributed by atoms with Crippen LogP contribution in [0.3, 0.4) is 0 Å². The standard InChI is InChI=1S/C16H20N2O5/c1-9(2)13(17-16(22)23-3)14(19)18-11-7-5-4-6-10(11)8-12(18)15(20)21/h4-7,9,12-13H,8H2,1-3H3,(H,17,22)(H,20,21)/t12-,13-/m0/s1. The van der Waals surface area contributed by atoms with E-state index in [-0.39, 0.29) is 12.3 Å². The van der Waals surface area contributed by atoms with Gasteiger partial charge >= 0.3 is 12.1 Å². The van der Waals surface area contributed by atoms with Gasteiger partial charge in [0.25, 0.3) is 5.91 Å². The molecular formula is C16H20N2O5. The van der Waals surface area contributed by atoms with Crippen molar-refractivity contribution in [1.29, 1.82) is 0 Å². The number of aliphatic carboxylic acids is 1. The van der Waals surface area contributed by atoms with Crippen molar-refractivity contribution in [2.45, 2.75) is 32.4 Å². The number of carboxylic acid groups (broad SMARTS) is 1. The Bertz CT molecular complexity index is 629. The highest BCUT2D eigenvalue weighted by atomic mass is 16.5. The average molecular weight is 320 g/mol. The Labute approximate surface area is 134 Å². The molecule has 0 spiro atoms. The molecule has 23 heavy (non-hydrogen) atoms. The van der Waals surface area contributed by atoms with Crippen molar-refractivity contribution in [3.8, 4) is 0 Å². The van der Waals surface area contributed by atoms with E-state index in [1.165, 1.54) is 12.0 Å². The van der Waals surface area contributed by atoms with Crippen LogP contribution in [-0.2, 0) is 20.7 Å². The number of carbonyl (C=O) groups is 3. The summed E-state index contributed by atoms with van der Waals surface area (Å²) >= 11 is 0. The predicted octanol–water partition coefficient (Wildman–Crippen LogP) is 1.41. The Morgan fingerprint density at radius 1 is 1.30 bits per heavy atom. The van der Waals surface area contributed by atoms with E-state index in [0.717, 1.165) is 5.56 Å². The molecule has 2 rings (SSSR count). The molecule has 0 bridgehead atoms. The van der Waals surface area contributed by atoms with Crippen molar-refractivity contribution in [2.75, 3.05) is 12.0 Å². The van der Waals surface area contributed by atoms with Crippen molar-refractivity contribution in [3.05, 3.63) is 29.8 Å². The molecule has 0 unspecified atom stereocenters. The Morgan fingerprint density at radius 3 is 2.52 bits per heavy atom. The minimum Gasteiger partial charge on any atom is -0.480 e. The third-order valence-corrected chi connectivity index (χ3v) is 3.89. The van der Waals surface area contributed by atoms with Crippen LogP contribution in [0.5, 0.6) is 0 Å². The van der Waals surface area contributed by atoms with Crippen LogP contribution in [0.1, 0.15) is 19.4 Å². The van der Waals surface area contributed by atoms with Crippen LogP contribution in [0, 0.1) is 5.92 Å². The van der Waals surface area contributed by atoms with Gasteiger partial charge in [0.1, 0.15) is 12.1 Å². The Hall–Kier alpha value is -2.57. The average Bonchev–Trinajstić information content (AvgIpc) is 2.91. The number of carboxylic acids is 1. The maximum absolute atomic E-state index is 12.9. The van der Waals surface area contributed by atoms with Crippen LogP contribution < -0.4 is 10.2 Å². The topological polar surface area (TPSA) is 95.9 Å². The molecule has 1 aliphatic rings. The number of fused-ring (bicyclic) bond motifs is 1. The first-order chi connectivity index (χ1) is 10.9. The van der Waals surface area contributed by atoms with Gasteiger partial charge in [-0.3, -0.25) is 9.69 Å². The van der Waals surface area contributed by atoms with Crippen LogP contribution in [0.4, 0.5) is 10.5 Å². The number of alkyl carbamates (subject to hydrolysis) is 1. The lowest BCUT2D eigenvalue weighted by atomic mass is 10.0. The van der Waals surface area contributed by atoms with Gasteiger partial charge in [-0.1, -0.05) is 32.0 Å². The largest absolute Gasteiger partial charge is 0.480 e. The lowest BCUT2D eigenvalue weighted by molar-refractivity contribution is -0.140. The molecule has 7 nitrogen and oxygen atoms in total. The lowest BCUT2D eigenvalue weighted by Crippen LogP contribution is -2.54. The molecule has 124 valence electrons. The summed E-state index contributed by atoms with van der Waals surface area (Å²) in [6.45, 7) is 3.55. The van der Waals surface area contributed by atoms with Crippen LogP contribution in [0.15, 0.2) is 24.3 Å². The van der Waals surface area contributed by atoms with Gasteiger partial charge in [-0.15, -0.1) is 0 Å². The zero-order valence-electron chi connectivity index (χ0n) is 13.3. The van der Waals surface area contributed by atoms with Gasteiger partial charge < -0.3 is 15.2 Å². The molecule has 0 saturated heterocycles. The minimum absolute atomic E-state index is 0.219. The summed E-state index contributed by atoms with van der Waals surface area (Å²) in [5, 5.41) is 11.9. The summed E-state index contributed by atoms with van der Waals surface area (Å²) in [6.07, 6.45) is -0.475. The van der Waals surface area contributed by atoms with E-state index < -0.39 is 30.1 Å². The third-order valence-electron chi connectivity index (χ3n) is 3.89. The summed E-state index contributed by atoms with van der Waals surface area (Å²) < 4.78 is 4.55. The van der Waals surface area contributed by atoms with E-state index in [1.807, 2.05) is 0 Å². The molecule has 0 aliphatic carbocycles. The number of nitrogens with zero attached hydrogens (tertiary/aromatic N) is 1. The molecule has 0 aromatic heterocycles. The Kier molecular flexibility index (Phi) is 4.88. The summed E-state index contributed by atoms with van der Waals surface area (Å²) in [6, 6.07) is 5.23. The molecule has 1 heterocycles. The van der Waals surface area contributed by atoms with Gasteiger partial charge in [0.05, 0.1) is 7.11 Å². The Morgan fingerprint density at radius 2 is 1.96 bits per heavy atom. The number of anilines is 1. The smallest absolute Gasteiger partial charge is 0.407 e. The fourth-order valence-electron chi connectivity index (χ4n) is 2.71. The number of para-hydroxylation sites is 1. The van der Waals surface area contributed by atoms with Crippen LogP contribution >= 0.6 is 0 Å². The second-order valence-corrected chi connectivity index (χ2v) is 5.75. The normalized spacial score (nSPS) is 17.6. The van der Waals surface area contributed by atoms with E-state index in [2.05, 4.69) is 10.1 Å². The van der Waals surface area contributed by atoms with Crippen molar-refractivity contribution >= 4 is 23.7 Å². The molecule has 1 aromatic rings. The highest BCUT2D eigenvalue weighted by molar-refractivity contribution is 6.05. The van der Waals surface area contributed by atoms with E-state index in [4.69, 9.17) is 0 Å². The van der Waals surface area contributed by atoms with Gasteiger partial charge in [-0.25, -0.2) is 9.59 Å². The maximum atomic E-state index is 12.9. The molecular weight excluding hydrogens is 300 g/mol. The van der Waals surface area contributed by atoms with E-state index >= 15 is 0 Å². The van der Waals surface area contributed by atoms with Crippen LogP contribution in [0.2, 0.25) is 0 Å². The van der Waals surface area contributed by atoms with Crippen molar-refractivity contribution in [2.24, 2.45) is 5.92 Å². The third kappa shape index (κ3) is 3.28. The van der Waals surface area contributed by atoms with E-state index in [9.17, 15) is 19.5 Å². The summed E-state index contributed by atoms with van der Waals surface area (Å²) in [5.41, 5.74) is 1.37. The highest BCUT2D eigenvalue weighted by Crippen LogP contribution is 2.33. The van der Waals surface area contributed by atoms with Gasteiger partial charge in [-0.2, -0.15) is 0 Å². The molecule has 2 amide bonds. The second kappa shape index (κ2) is 6.68. The van der Waals surface area contributed by atoms with Crippen LogP contribution in [-0.4, -0.2) is 42.3 Å². The van der Waals surface area contributed by atoms with E-state index in [0.29, 0.717) is 5.69 Å². The summed E-state index contributed by atoms with van der Waals surface area (Å²) in [4.78, 5) is 37.2. The molecule has 0 saturated carbocycles. The summed E-state index contributed by atoms with van der Waals surface area (Å²) in [5.74, 6) is -1.75. The molecule has 0 radical (unpaired) electrons. The molecule has 1 aliphatic heterocycles. The quantitative estimate of drug-likeness (QED) is 0.874. The van der Waals surface area contributed by atoms with Gasteiger partial charge in [0.2, 0.25) is 0 Å². The SMILES string of the molecule is COC(=O)N[C@H](C(=O)N1c2ccccc2C[C@H]1C(=O)O)C(C)C. The van der Waals surface area contributed by atoms with Gasteiger partial charge in [-0.05, 0) is 17.5 Å². The predicted molar refractivity (Wildman–Crippen MR) is 83.2 cm³/mol. The minimum atomic E-state index is -1.07. The fourth-order valence-corrected chi connectivity index (χ4v) is 2.71. The first-order valence-electron chi connectivity index (χ1n) is 7.35. The molecule has 7 heteroatoms. The van der Waals surface area contributed by atoms with Crippen molar-refractivity contribution in [3.63, 3.8) is 0 Å². The van der Waals surface area contributed by atoms with Crippen LogP contribution in [0.25, 0.3) is 0 Å². The number of hydrogen-bond donors (Lipinski definition) is 2. The number of ether oxygens (including phenoxy) is 1. The molecule has 2 N–H and O–H groups in total. The van der Waals surface area contributed by atoms with Crippen molar-refractivity contribution in [1.82, 2.24) is 5.32 Å². The number of nitrogens with one attached hydrogen (secondary N) is 1. The zero-order chi connectivity index (χ0) is 17.1. The number of hydrogen-bond acceptors (Lipinski definition) is 4. The number of carbonyl (C=O) groups excluding carboxylic acids is 2. The first kappa shape index (κ1) is 16.8. The number of rotatable bonds is 4. The molecule has 0 fully saturated rings. The first-order valence-corrected chi connectivity index (χ1v) is 7.35. The Balaban J connectivity index is 2.37. The molecule has 2 atom stereocenters. The summed E-state index contributed by atoms with van der Waals surface area (Å²) in [7, 11) is 1.21. The number of methoxy groups -OCH3 is 1. The zero-order valence-corrected chi connectivity index (χ0v) is 13.3. The number of benzene rings is 1. The number of amides is 2. The van der Waals surface area contributed by atoms with E-state index in [1.54, 1.807) is 38.1 Å². The fraction of sp³-hybridized carbons (Fsp3) is 0.438. The second-order valence-electron chi connectivity index (χ2n) is 5.75. The monoisotopic (exact) mass is 320 g/mol. The molecule has 1 aromatic carbocycles. The lowest BCUT2D eigenvalue weighted by Gasteiger charge is -2.29. The van der Waals surface area contributed by atoms with Gasteiger partial charge in [0.15, 0.2) is 0 Å².